The van der Waals surface area contributed by atoms with E-state index in [-0.39, 0.29) is 17.1 Å². The lowest BCUT2D eigenvalue weighted by Gasteiger charge is -2.21. The summed E-state index contributed by atoms with van der Waals surface area (Å²) < 4.78 is 0. The second-order valence-corrected chi connectivity index (χ2v) is 6.35. The average molecular weight is 307 g/mol. The Bertz CT molecular complexity index is 534. The smallest absolute Gasteiger partial charge is 0.251 e. The molecule has 0 aromatic heterocycles. The van der Waals surface area contributed by atoms with Gasteiger partial charge >= 0.3 is 0 Å². The number of amides is 2. The molecule has 0 saturated carbocycles. The van der Waals surface area contributed by atoms with E-state index >= 15 is 0 Å². The molecular formula is C15H21N3O2S. The lowest BCUT2D eigenvalue weighted by atomic mass is 10.1. The predicted octanol–water partition coefficient (Wildman–Crippen LogP) is 1.85. The van der Waals surface area contributed by atoms with Crippen molar-refractivity contribution in [1.29, 1.82) is 0 Å². The normalized spacial score (nSPS) is 17.0. The number of carbonyl (C=O) groups is 2. The van der Waals surface area contributed by atoms with Gasteiger partial charge in [0.2, 0.25) is 5.91 Å². The molecule has 21 heavy (non-hydrogen) atoms. The fraction of sp³-hybridized carbons (Fsp3) is 0.467. The van der Waals surface area contributed by atoms with E-state index in [1.807, 2.05) is 13.0 Å². The van der Waals surface area contributed by atoms with Crippen LogP contribution in [-0.2, 0) is 4.79 Å². The highest BCUT2D eigenvalue weighted by Gasteiger charge is 2.23. The molecule has 1 aliphatic rings. The number of hydrogen-bond donors (Lipinski definition) is 3. The summed E-state index contributed by atoms with van der Waals surface area (Å²) in [5.41, 5.74) is 1.29. The van der Waals surface area contributed by atoms with Crippen LogP contribution in [0.25, 0.3) is 0 Å². The molecule has 1 aromatic rings. The Morgan fingerprint density at radius 1 is 1.33 bits per heavy atom. The van der Waals surface area contributed by atoms with Crippen LogP contribution in [0.1, 0.15) is 30.6 Å². The topological polar surface area (TPSA) is 70.2 Å². The zero-order chi connectivity index (χ0) is 15.2. The second kappa shape index (κ2) is 7.47. The molecule has 1 aromatic carbocycles. The van der Waals surface area contributed by atoms with Gasteiger partial charge in [0.25, 0.3) is 5.91 Å². The highest BCUT2D eigenvalue weighted by Crippen LogP contribution is 2.35. The molecule has 0 bridgehead atoms. The summed E-state index contributed by atoms with van der Waals surface area (Å²) in [5, 5.41) is 8.83. The average Bonchev–Trinajstić information content (AvgIpc) is 2.47. The third kappa shape index (κ3) is 4.22. The highest BCUT2D eigenvalue weighted by molar-refractivity contribution is 8.00. The van der Waals surface area contributed by atoms with Crippen LogP contribution in [0.2, 0.25) is 0 Å². The Balaban J connectivity index is 1.93. The van der Waals surface area contributed by atoms with Crippen molar-refractivity contribution in [2.75, 3.05) is 25.0 Å². The first kappa shape index (κ1) is 15.9. The lowest BCUT2D eigenvalue weighted by Crippen LogP contribution is -2.32. The zero-order valence-corrected chi connectivity index (χ0v) is 13.2. The molecule has 0 spiro atoms. The fourth-order valence-electron chi connectivity index (χ4n) is 2.02. The summed E-state index contributed by atoms with van der Waals surface area (Å²) in [4.78, 5) is 24.7. The molecule has 0 saturated heterocycles. The molecular weight excluding hydrogens is 286 g/mol. The van der Waals surface area contributed by atoms with E-state index in [0.29, 0.717) is 12.1 Å². The predicted molar refractivity (Wildman–Crippen MR) is 85.9 cm³/mol. The first-order chi connectivity index (χ1) is 10.1. The maximum Gasteiger partial charge on any atom is 0.251 e. The maximum absolute atomic E-state index is 12.1. The largest absolute Gasteiger partial charge is 0.351 e. The number of anilines is 1. The first-order valence-electron chi connectivity index (χ1n) is 7.22. The molecule has 1 heterocycles. The molecule has 1 atom stereocenters. The van der Waals surface area contributed by atoms with Crippen molar-refractivity contribution in [3.05, 3.63) is 23.8 Å². The van der Waals surface area contributed by atoms with E-state index in [4.69, 9.17) is 0 Å². The van der Waals surface area contributed by atoms with Crippen molar-refractivity contribution in [1.82, 2.24) is 10.6 Å². The van der Waals surface area contributed by atoms with Crippen LogP contribution in [0.3, 0.4) is 0 Å². The molecule has 5 nitrogen and oxygen atoms in total. The van der Waals surface area contributed by atoms with Gasteiger partial charge in [0.1, 0.15) is 0 Å². The van der Waals surface area contributed by atoms with Gasteiger partial charge in [-0.25, -0.2) is 0 Å². The summed E-state index contributed by atoms with van der Waals surface area (Å²) in [6, 6.07) is 5.42. The minimum Gasteiger partial charge on any atom is -0.351 e. The van der Waals surface area contributed by atoms with Gasteiger partial charge in [0, 0.05) is 23.5 Å². The molecule has 1 aliphatic heterocycles. The monoisotopic (exact) mass is 307 g/mol. The number of fused-ring (bicyclic) bond motifs is 1. The molecule has 0 radical (unpaired) electrons. The summed E-state index contributed by atoms with van der Waals surface area (Å²) in [6.45, 7) is 6.28. The van der Waals surface area contributed by atoms with E-state index in [1.54, 1.807) is 12.1 Å². The summed E-state index contributed by atoms with van der Waals surface area (Å²) in [6.07, 6.45) is 1.08. The number of carbonyl (C=O) groups excluding carboxylic acids is 2. The summed E-state index contributed by atoms with van der Waals surface area (Å²) in [5.74, 6) is -0.136. The zero-order valence-electron chi connectivity index (χ0n) is 12.4. The Hall–Kier alpha value is -1.53. The molecule has 1 unspecified atom stereocenters. The van der Waals surface area contributed by atoms with Gasteiger partial charge in [-0.2, -0.15) is 0 Å². The van der Waals surface area contributed by atoms with E-state index in [9.17, 15) is 9.59 Å². The van der Waals surface area contributed by atoms with Gasteiger partial charge in [0.15, 0.2) is 0 Å². The summed E-state index contributed by atoms with van der Waals surface area (Å²) >= 11 is 1.51. The van der Waals surface area contributed by atoms with Gasteiger partial charge in [-0.1, -0.05) is 6.92 Å². The highest BCUT2D eigenvalue weighted by atomic mass is 32.2. The van der Waals surface area contributed by atoms with Gasteiger partial charge in [0.05, 0.1) is 10.9 Å². The number of thioether (sulfide) groups is 1. The van der Waals surface area contributed by atoms with E-state index < -0.39 is 0 Å². The number of rotatable bonds is 6. The molecule has 2 amide bonds. The van der Waals surface area contributed by atoms with Crippen LogP contribution < -0.4 is 16.0 Å². The third-order valence-corrected chi connectivity index (χ3v) is 4.36. The third-order valence-electron chi connectivity index (χ3n) is 3.19. The van der Waals surface area contributed by atoms with Gasteiger partial charge < -0.3 is 16.0 Å². The minimum atomic E-state index is -0.117. The Morgan fingerprint density at radius 2 is 2.14 bits per heavy atom. The van der Waals surface area contributed by atoms with Crippen LogP contribution in [0.15, 0.2) is 23.1 Å². The minimum absolute atomic E-state index is 0.0196. The molecule has 114 valence electrons. The van der Waals surface area contributed by atoms with Gasteiger partial charge in [-0.15, -0.1) is 11.8 Å². The van der Waals surface area contributed by atoms with Crippen LogP contribution in [0, 0.1) is 0 Å². The van der Waals surface area contributed by atoms with E-state index in [1.165, 1.54) is 11.8 Å². The van der Waals surface area contributed by atoms with Crippen LogP contribution in [0.5, 0.6) is 0 Å². The fourth-order valence-corrected chi connectivity index (χ4v) is 2.95. The van der Waals surface area contributed by atoms with Crippen molar-refractivity contribution in [2.45, 2.75) is 30.4 Å². The quantitative estimate of drug-likeness (QED) is 0.702. The first-order valence-corrected chi connectivity index (χ1v) is 8.10. The van der Waals surface area contributed by atoms with Gasteiger partial charge in [-0.3, -0.25) is 9.59 Å². The van der Waals surface area contributed by atoms with Crippen molar-refractivity contribution in [2.24, 2.45) is 0 Å². The number of benzene rings is 1. The second-order valence-electron chi connectivity index (χ2n) is 4.97. The van der Waals surface area contributed by atoms with E-state index in [0.717, 1.165) is 30.1 Å². The molecule has 0 fully saturated rings. The van der Waals surface area contributed by atoms with Crippen molar-refractivity contribution in [3.8, 4) is 0 Å². The van der Waals surface area contributed by atoms with Gasteiger partial charge in [-0.05, 0) is 38.1 Å². The van der Waals surface area contributed by atoms with Crippen LogP contribution in [-0.4, -0.2) is 36.7 Å². The lowest BCUT2D eigenvalue weighted by molar-refractivity contribution is -0.115. The number of nitrogens with one attached hydrogen (secondary N) is 3. The standard InChI is InChI=1S/C15H21N3O2S/c1-3-6-16-7-8-17-15(20)11-4-5-13-12(9-11)18-14(19)10(2)21-13/h4-5,9-10,16H,3,6-8H2,1-2H3,(H,17,20)(H,18,19). The summed E-state index contributed by atoms with van der Waals surface area (Å²) in [7, 11) is 0. The Labute approximate surface area is 129 Å². The van der Waals surface area contributed by atoms with Crippen LogP contribution in [0.4, 0.5) is 5.69 Å². The molecule has 2 rings (SSSR count). The maximum atomic E-state index is 12.1. The van der Waals surface area contributed by atoms with Crippen molar-refractivity contribution >= 4 is 29.3 Å². The Morgan fingerprint density at radius 3 is 2.90 bits per heavy atom. The van der Waals surface area contributed by atoms with Crippen molar-refractivity contribution in [3.63, 3.8) is 0 Å². The number of hydrogen-bond acceptors (Lipinski definition) is 4. The van der Waals surface area contributed by atoms with Crippen molar-refractivity contribution < 1.29 is 9.59 Å². The molecule has 0 aliphatic carbocycles. The van der Waals surface area contributed by atoms with E-state index in [2.05, 4.69) is 22.9 Å². The molecule has 6 heteroatoms. The Kier molecular flexibility index (Phi) is 5.64. The molecule has 3 N–H and O–H groups in total. The van der Waals surface area contributed by atoms with Crippen LogP contribution >= 0.6 is 11.8 Å². The SMILES string of the molecule is CCCNCCNC(=O)c1ccc2c(c1)NC(=O)C(C)S2.